The summed E-state index contributed by atoms with van der Waals surface area (Å²) in [5.74, 6) is 1.29. The average molecular weight is 353 g/mol. The van der Waals surface area contributed by atoms with Crippen LogP contribution in [0.5, 0.6) is 11.5 Å². The van der Waals surface area contributed by atoms with E-state index in [0.29, 0.717) is 11.4 Å². The first-order valence-electron chi connectivity index (χ1n) is 5.46. The third-order valence-electron chi connectivity index (χ3n) is 2.25. The van der Waals surface area contributed by atoms with Crippen LogP contribution in [0.3, 0.4) is 0 Å². The summed E-state index contributed by atoms with van der Waals surface area (Å²) in [4.78, 5) is 11.1. The van der Waals surface area contributed by atoms with Gasteiger partial charge in [0.25, 0.3) is 0 Å². The van der Waals surface area contributed by atoms with Crippen molar-refractivity contribution < 1.29 is 9.53 Å². The maximum absolute atomic E-state index is 11.1. The van der Waals surface area contributed by atoms with Crippen LogP contribution in [-0.4, -0.2) is 5.91 Å². The lowest BCUT2D eigenvalue weighted by Gasteiger charge is -2.12. The Morgan fingerprint density at radius 2 is 1.67 bits per heavy atom. The van der Waals surface area contributed by atoms with Crippen LogP contribution >= 0.6 is 22.6 Å². The predicted molar refractivity (Wildman–Crippen MR) is 80.0 cm³/mol. The number of carbonyl (C=O) groups is 1. The molecule has 0 aliphatic rings. The quantitative estimate of drug-likeness (QED) is 0.846. The summed E-state index contributed by atoms with van der Waals surface area (Å²) in [6, 6.07) is 15.1. The minimum absolute atomic E-state index is 0.117. The van der Waals surface area contributed by atoms with Gasteiger partial charge in [-0.15, -0.1) is 0 Å². The highest BCUT2D eigenvalue weighted by molar-refractivity contribution is 14.1. The molecule has 0 bridgehead atoms. The summed E-state index contributed by atoms with van der Waals surface area (Å²) in [5, 5.41) is 2.75. The van der Waals surface area contributed by atoms with E-state index in [1.54, 1.807) is 0 Å². The van der Waals surface area contributed by atoms with Gasteiger partial charge in [0, 0.05) is 6.92 Å². The van der Waals surface area contributed by atoms with E-state index < -0.39 is 0 Å². The molecule has 3 nitrogen and oxygen atoms in total. The molecular formula is C14H12INO2. The van der Waals surface area contributed by atoms with Crippen LogP contribution in [0.25, 0.3) is 0 Å². The van der Waals surface area contributed by atoms with E-state index in [1.165, 1.54) is 6.92 Å². The number of carbonyl (C=O) groups excluding carboxylic acids is 1. The van der Waals surface area contributed by atoms with E-state index in [2.05, 4.69) is 27.9 Å². The first-order valence-corrected chi connectivity index (χ1v) is 6.53. The maximum atomic E-state index is 11.1. The number of rotatable bonds is 3. The van der Waals surface area contributed by atoms with Crippen LogP contribution in [0, 0.1) is 3.57 Å². The number of benzene rings is 2. The minimum atomic E-state index is -0.117. The topological polar surface area (TPSA) is 38.3 Å². The van der Waals surface area contributed by atoms with Gasteiger partial charge in [-0.05, 0) is 46.9 Å². The minimum Gasteiger partial charge on any atom is -0.454 e. The Labute approximate surface area is 119 Å². The van der Waals surface area contributed by atoms with Gasteiger partial charge in [0.1, 0.15) is 5.75 Å². The van der Waals surface area contributed by atoms with Crippen molar-refractivity contribution in [3.05, 3.63) is 52.1 Å². The largest absolute Gasteiger partial charge is 0.454 e. The van der Waals surface area contributed by atoms with Gasteiger partial charge < -0.3 is 10.1 Å². The van der Waals surface area contributed by atoms with Gasteiger partial charge in [0.15, 0.2) is 5.75 Å². The molecular weight excluding hydrogens is 341 g/mol. The fourth-order valence-electron chi connectivity index (χ4n) is 1.49. The Hall–Kier alpha value is -1.56. The second kappa shape index (κ2) is 5.86. The summed E-state index contributed by atoms with van der Waals surface area (Å²) in [7, 11) is 0. The number of anilines is 1. The number of para-hydroxylation sites is 3. The Kier molecular flexibility index (Phi) is 4.19. The van der Waals surface area contributed by atoms with E-state index in [4.69, 9.17) is 4.74 Å². The van der Waals surface area contributed by atoms with E-state index >= 15 is 0 Å². The molecule has 18 heavy (non-hydrogen) atoms. The average Bonchev–Trinajstić information content (AvgIpc) is 2.34. The fraction of sp³-hybridized carbons (Fsp3) is 0.0714. The molecule has 0 atom stereocenters. The smallest absolute Gasteiger partial charge is 0.221 e. The van der Waals surface area contributed by atoms with Crippen molar-refractivity contribution in [1.29, 1.82) is 0 Å². The zero-order valence-electron chi connectivity index (χ0n) is 9.81. The molecule has 0 heterocycles. The molecule has 0 aliphatic heterocycles. The van der Waals surface area contributed by atoms with Crippen LogP contribution in [0.15, 0.2) is 48.5 Å². The van der Waals surface area contributed by atoms with Crippen LogP contribution in [-0.2, 0) is 4.79 Å². The SMILES string of the molecule is CC(=O)Nc1ccccc1Oc1ccccc1I. The Balaban J connectivity index is 2.29. The molecule has 0 fully saturated rings. The van der Waals surface area contributed by atoms with Crippen LogP contribution in [0.2, 0.25) is 0 Å². The molecule has 4 heteroatoms. The summed E-state index contributed by atoms with van der Waals surface area (Å²) in [6.07, 6.45) is 0. The molecule has 0 aliphatic carbocycles. The molecule has 0 saturated heterocycles. The Bertz CT molecular complexity index is 569. The van der Waals surface area contributed by atoms with Gasteiger partial charge >= 0.3 is 0 Å². The summed E-state index contributed by atoms with van der Waals surface area (Å²) in [6.45, 7) is 1.48. The lowest BCUT2D eigenvalue weighted by atomic mass is 10.3. The summed E-state index contributed by atoms with van der Waals surface area (Å²) < 4.78 is 6.84. The van der Waals surface area contributed by atoms with Crippen molar-refractivity contribution >= 4 is 34.2 Å². The van der Waals surface area contributed by atoms with Crippen LogP contribution in [0.4, 0.5) is 5.69 Å². The lowest BCUT2D eigenvalue weighted by molar-refractivity contribution is -0.114. The molecule has 1 amide bonds. The highest BCUT2D eigenvalue weighted by atomic mass is 127. The molecule has 2 aromatic carbocycles. The normalized spacial score (nSPS) is 9.89. The third-order valence-corrected chi connectivity index (χ3v) is 3.15. The van der Waals surface area contributed by atoms with Crippen molar-refractivity contribution in [3.63, 3.8) is 0 Å². The van der Waals surface area contributed by atoms with Gasteiger partial charge in [0.05, 0.1) is 9.26 Å². The number of amides is 1. The monoisotopic (exact) mass is 353 g/mol. The number of halogens is 1. The van der Waals surface area contributed by atoms with E-state index in [1.807, 2.05) is 48.5 Å². The maximum Gasteiger partial charge on any atom is 0.221 e. The Morgan fingerprint density at radius 3 is 2.33 bits per heavy atom. The number of ether oxygens (including phenoxy) is 1. The molecule has 0 saturated carbocycles. The van der Waals surface area contributed by atoms with Gasteiger partial charge in [-0.2, -0.15) is 0 Å². The standard InChI is InChI=1S/C14H12INO2/c1-10(17)16-12-7-3-5-9-14(12)18-13-8-4-2-6-11(13)15/h2-9H,1H3,(H,16,17). The number of hydrogen-bond donors (Lipinski definition) is 1. The molecule has 0 spiro atoms. The van der Waals surface area contributed by atoms with Crippen molar-refractivity contribution in [2.75, 3.05) is 5.32 Å². The van der Waals surface area contributed by atoms with Crippen molar-refractivity contribution in [2.45, 2.75) is 6.92 Å². The van der Waals surface area contributed by atoms with E-state index in [-0.39, 0.29) is 5.91 Å². The second-order valence-electron chi connectivity index (χ2n) is 3.71. The van der Waals surface area contributed by atoms with Gasteiger partial charge in [0.2, 0.25) is 5.91 Å². The third kappa shape index (κ3) is 3.22. The summed E-state index contributed by atoms with van der Waals surface area (Å²) >= 11 is 2.21. The van der Waals surface area contributed by atoms with Crippen molar-refractivity contribution in [3.8, 4) is 11.5 Å². The highest BCUT2D eigenvalue weighted by Crippen LogP contribution is 2.31. The zero-order valence-corrected chi connectivity index (χ0v) is 12.0. The predicted octanol–water partition coefficient (Wildman–Crippen LogP) is 4.04. The summed E-state index contributed by atoms with van der Waals surface area (Å²) in [5.41, 5.74) is 0.671. The first-order chi connectivity index (χ1) is 8.66. The zero-order chi connectivity index (χ0) is 13.0. The Morgan fingerprint density at radius 1 is 1.06 bits per heavy atom. The fourth-order valence-corrected chi connectivity index (χ4v) is 1.99. The lowest BCUT2D eigenvalue weighted by Crippen LogP contribution is -2.06. The molecule has 0 aromatic heterocycles. The van der Waals surface area contributed by atoms with Crippen molar-refractivity contribution in [1.82, 2.24) is 0 Å². The number of hydrogen-bond acceptors (Lipinski definition) is 2. The first kappa shape index (κ1) is 12.9. The highest BCUT2D eigenvalue weighted by Gasteiger charge is 2.07. The molecule has 92 valence electrons. The molecule has 2 aromatic rings. The van der Waals surface area contributed by atoms with Crippen molar-refractivity contribution in [2.24, 2.45) is 0 Å². The molecule has 1 N–H and O–H groups in total. The van der Waals surface area contributed by atoms with Gasteiger partial charge in [-0.25, -0.2) is 0 Å². The second-order valence-corrected chi connectivity index (χ2v) is 4.87. The van der Waals surface area contributed by atoms with E-state index in [9.17, 15) is 4.79 Å². The van der Waals surface area contributed by atoms with Crippen LogP contribution in [0.1, 0.15) is 6.92 Å². The van der Waals surface area contributed by atoms with E-state index in [0.717, 1.165) is 9.32 Å². The van der Waals surface area contributed by atoms with Gasteiger partial charge in [-0.1, -0.05) is 24.3 Å². The molecule has 2 rings (SSSR count). The van der Waals surface area contributed by atoms with Crippen LogP contribution < -0.4 is 10.1 Å². The number of nitrogens with one attached hydrogen (secondary N) is 1. The van der Waals surface area contributed by atoms with Gasteiger partial charge in [-0.3, -0.25) is 4.79 Å². The molecule has 0 radical (unpaired) electrons. The molecule has 0 unspecified atom stereocenters.